The van der Waals surface area contributed by atoms with E-state index >= 15 is 0 Å². The summed E-state index contributed by atoms with van der Waals surface area (Å²) in [5.41, 5.74) is -0.205. The van der Waals surface area contributed by atoms with E-state index in [4.69, 9.17) is 4.74 Å². The monoisotopic (exact) mass is 232 g/mol. The van der Waals surface area contributed by atoms with Crippen LogP contribution < -0.4 is 0 Å². The maximum absolute atomic E-state index is 13.8. The third-order valence-electron chi connectivity index (χ3n) is 1.77. The second kappa shape index (κ2) is 5.46. The van der Waals surface area contributed by atoms with Gasteiger partial charge in [-0.25, -0.2) is 8.78 Å². The zero-order chi connectivity index (χ0) is 13.1. The highest BCUT2D eigenvalue weighted by atomic mass is 19.1. The van der Waals surface area contributed by atoms with Crippen LogP contribution in [-0.4, -0.2) is 5.60 Å². The van der Waals surface area contributed by atoms with Crippen LogP contribution in [0, 0.1) is 5.92 Å². The van der Waals surface area contributed by atoms with Gasteiger partial charge in [0.15, 0.2) is 11.6 Å². The molecule has 0 saturated carbocycles. The molecule has 1 nitrogen and oxygen atoms in total. The molecule has 0 aromatic rings. The lowest BCUT2D eigenvalue weighted by atomic mass is 10.1. The van der Waals surface area contributed by atoms with Crippen LogP contribution in [0.1, 0.15) is 48.5 Å². The summed E-state index contributed by atoms with van der Waals surface area (Å²) in [6.45, 7) is 11.8. The Morgan fingerprint density at radius 2 is 1.50 bits per heavy atom. The molecule has 0 N–H and O–H groups in total. The van der Waals surface area contributed by atoms with E-state index in [0.29, 0.717) is 5.57 Å². The fraction of sp³-hybridized carbons (Fsp3) is 0.692. The molecule has 0 saturated heterocycles. The summed E-state index contributed by atoms with van der Waals surface area (Å²) in [4.78, 5) is 0. The summed E-state index contributed by atoms with van der Waals surface area (Å²) in [5, 5.41) is 0. The first-order valence-corrected chi connectivity index (χ1v) is 5.48. The Morgan fingerprint density at radius 3 is 1.75 bits per heavy atom. The first kappa shape index (κ1) is 15.1. The molecule has 0 rings (SSSR count). The quantitative estimate of drug-likeness (QED) is 0.496. The van der Waals surface area contributed by atoms with Crippen LogP contribution in [-0.2, 0) is 4.74 Å². The third kappa shape index (κ3) is 4.77. The van der Waals surface area contributed by atoms with Crippen LogP contribution in [0.3, 0.4) is 0 Å². The zero-order valence-corrected chi connectivity index (χ0v) is 11.2. The minimum absolute atomic E-state index is 0.262. The average molecular weight is 232 g/mol. The first-order chi connectivity index (χ1) is 7.06. The minimum Gasteiger partial charge on any atom is -0.482 e. The van der Waals surface area contributed by atoms with Crippen LogP contribution in [0.25, 0.3) is 0 Å². The lowest BCUT2D eigenvalue weighted by Crippen LogP contribution is -2.20. The van der Waals surface area contributed by atoms with E-state index in [9.17, 15) is 8.78 Å². The van der Waals surface area contributed by atoms with Crippen molar-refractivity contribution in [2.75, 3.05) is 0 Å². The van der Waals surface area contributed by atoms with Crippen molar-refractivity contribution in [2.45, 2.75) is 54.1 Å². The standard InChI is InChI=1S/C13H22F2O/c1-8(2)10(14)12(11(15)9(3)4)16-13(5,6)7/h8H,1-7H3/b12-10-. The van der Waals surface area contributed by atoms with Gasteiger partial charge in [0.25, 0.3) is 0 Å². The fourth-order valence-electron chi connectivity index (χ4n) is 0.994. The van der Waals surface area contributed by atoms with Gasteiger partial charge in [-0.3, -0.25) is 0 Å². The van der Waals surface area contributed by atoms with Gasteiger partial charge < -0.3 is 4.74 Å². The first-order valence-electron chi connectivity index (χ1n) is 5.48. The number of ether oxygens (including phenoxy) is 1. The van der Waals surface area contributed by atoms with Gasteiger partial charge in [-0.05, 0) is 40.2 Å². The predicted molar refractivity (Wildman–Crippen MR) is 63.3 cm³/mol. The Morgan fingerprint density at radius 1 is 1.06 bits per heavy atom. The van der Waals surface area contributed by atoms with Gasteiger partial charge >= 0.3 is 0 Å². The number of allylic oxidation sites excluding steroid dienone is 3. The largest absolute Gasteiger partial charge is 0.482 e. The maximum Gasteiger partial charge on any atom is 0.187 e. The Hall–Kier alpha value is -0.860. The van der Waals surface area contributed by atoms with Crippen LogP contribution in [0.5, 0.6) is 0 Å². The molecule has 0 bridgehead atoms. The van der Waals surface area contributed by atoms with E-state index < -0.39 is 17.3 Å². The number of rotatable bonds is 3. The van der Waals surface area contributed by atoms with Gasteiger partial charge in [-0.15, -0.1) is 0 Å². The van der Waals surface area contributed by atoms with E-state index in [2.05, 4.69) is 0 Å². The van der Waals surface area contributed by atoms with E-state index in [1.54, 1.807) is 48.5 Å². The van der Waals surface area contributed by atoms with E-state index in [1.807, 2.05) is 0 Å². The van der Waals surface area contributed by atoms with Crippen LogP contribution in [0.2, 0.25) is 0 Å². The molecular formula is C13H22F2O. The molecule has 0 amide bonds. The SMILES string of the molecule is CC(C)=C(F)/C(OC(C)(C)C)=C(/F)C(C)C. The van der Waals surface area contributed by atoms with Gasteiger partial charge in [0.05, 0.1) is 0 Å². The van der Waals surface area contributed by atoms with Crippen molar-refractivity contribution in [1.29, 1.82) is 0 Å². The molecular weight excluding hydrogens is 210 g/mol. The Kier molecular flexibility index (Phi) is 5.17. The molecule has 0 heterocycles. The van der Waals surface area contributed by atoms with Crippen molar-refractivity contribution in [1.82, 2.24) is 0 Å². The fourth-order valence-corrected chi connectivity index (χ4v) is 0.994. The van der Waals surface area contributed by atoms with Gasteiger partial charge in [0.1, 0.15) is 11.4 Å². The number of hydrogen-bond acceptors (Lipinski definition) is 1. The van der Waals surface area contributed by atoms with Crippen molar-refractivity contribution in [3.05, 3.63) is 23.0 Å². The average Bonchev–Trinajstić information content (AvgIpc) is 2.10. The molecule has 0 atom stereocenters. The van der Waals surface area contributed by atoms with Crippen LogP contribution >= 0.6 is 0 Å². The normalized spacial score (nSPS) is 13.6. The van der Waals surface area contributed by atoms with Crippen LogP contribution in [0.4, 0.5) is 8.78 Å². The Balaban J connectivity index is 5.42. The van der Waals surface area contributed by atoms with Crippen molar-refractivity contribution >= 4 is 0 Å². The molecule has 3 heteroatoms. The summed E-state index contributed by atoms with van der Waals surface area (Å²) in [6.07, 6.45) is 0. The van der Waals surface area contributed by atoms with E-state index in [-0.39, 0.29) is 11.7 Å². The van der Waals surface area contributed by atoms with E-state index in [0.717, 1.165) is 0 Å². The summed E-state index contributed by atoms with van der Waals surface area (Å²) in [5.74, 6) is -1.81. The molecule has 16 heavy (non-hydrogen) atoms. The van der Waals surface area contributed by atoms with Crippen LogP contribution in [0.15, 0.2) is 23.0 Å². The molecule has 0 fully saturated rings. The summed E-state index contributed by atoms with van der Waals surface area (Å²) in [7, 11) is 0. The molecule has 0 aliphatic heterocycles. The highest BCUT2D eigenvalue weighted by molar-refractivity contribution is 5.27. The summed E-state index contributed by atoms with van der Waals surface area (Å²) < 4.78 is 33.0. The van der Waals surface area contributed by atoms with E-state index in [1.165, 1.54) is 0 Å². The summed E-state index contributed by atoms with van der Waals surface area (Å²) >= 11 is 0. The van der Waals surface area contributed by atoms with Crippen molar-refractivity contribution in [2.24, 2.45) is 5.92 Å². The van der Waals surface area contributed by atoms with Crippen molar-refractivity contribution in [3.8, 4) is 0 Å². The van der Waals surface area contributed by atoms with Gasteiger partial charge in [0.2, 0.25) is 0 Å². The molecule has 0 aliphatic rings. The number of halogens is 2. The molecule has 0 spiro atoms. The minimum atomic E-state index is -0.617. The topological polar surface area (TPSA) is 9.23 Å². The second-order valence-electron chi connectivity index (χ2n) is 5.36. The van der Waals surface area contributed by atoms with Gasteiger partial charge in [-0.2, -0.15) is 0 Å². The number of hydrogen-bond donors (Lipinski definition) is 0. The molecule has 94 valence electrons. The second-order valence-corrected chi connectivity index (χ2v) is 5.36. The lowest BCUT2D eigenvalue weighted by molar-refractivity contribution is 0.0448. The lowest BCUT2D eigenvalue weighted by Gasteiger charge is -2.24. The third-order valence-corrected chi connectivity index (χ3v) is 1.77. The molecule has 0 unspecified atom stereocenters. The smallest absolute Gasteiger partial charge is 0.187 e. The maximum atomic E-state index is 13.8. The predicted octanol–water partition coefficient (Wildman–Crippen LogP) is 4.90. The molecule has 0 aromatic carbocycles. The molecule has 0 radical (unpaired) electrons. The highest BCUT2D eigenvalue weighted by Crippen LogP contribution is 2.30. The van der Waals surface area contributed by atoms with Gasteiger partial charge in [-0.1, -0.05) is 13.8 Å². The van der Waals surface area contributed by atoms with Crippen molar-refractivity contribution < 1.29 is 13.5 Å². The van der Waals surface area contributed by atoms with Crippen molar-refractivity contribution in [3.63, 3.8) is 0 Å². The summed E-state index contributed by atoms with van der Waals surface area (Å²) in [6, 6.07) is 0. The highest BCUT2D eigenvalue weighted by Gasteiger charge is 2.23. The Labute approximate surface area is 97.2 Å². The Bertz CT molecular complexity index is 302. The zero-order valence-electron chi connectivity index (χ0n) is 11.2. The molecule has 0 aliphatic carbocycles. The molecule has 0 aromatic heterocycles. The van der Waals surface area contributed by atoms with Gasteiger partial charge in [0, 0.05) is 5.92 Å².